The molecule has 0 aromatic heterocycles. The van der Waals surface area contributed by atoms with Gasteiger partial charge in [0.25, 0.3) is 11.8 Å². The number of hydrogen-bond acceptors (Lipinski definition) is 5. The summed E-state index contributed by atoms with van der Waals surface area (Å²) in [5.41, 5.74) is 6.57. The summed E-state index contributed by atoms with van der Waals surface area (Å²) in [5, 5.41) is 6.80. The number of amides is 2. The van der Waals surface area contributed by atoms with E-state index in [1.54, 1.807) is 48.5 Å². The molecule has 0 radical (unpaired) electrons. The Morgan fingerprint density at radius 1 is 0.969 bits per heavy atom. The minimum Gasteiger partial charge on any atom is -0.496 e. The Morgan fingerprint density at radius 2 is 1.78 bits per heavy atom. The maximum Gasteiger partial charge on any atom is 0.275 e. The predicted octanol–water partition coefficient (Wildman–Crippen LogP) is 4.09. The molecule has 0 spiro atoms. The number of hydrazone groups is 1. The van der Waals surface area contributed by atoms with Crippen LogP contribution in [0.25, 0.3) is 0 Å². The van der Waals surface area contributed by atoms with E-state index in [1.165, 1.54) is 13.3 Å². The Balaban J connectivity index is 1.54. The molecule has 3 aromatic carbocycles. The third kappa shape index (κ3) is 6.18. The number of para-hydroxylation sites is 1. The van der Waals surface area contributed by atoms with Crippen LogP contribution in [0, 0.1) is 13.8 Å². The zero-order valence-corrected chi connectivity index (χ0v) is 18.2. The molecule has 0 saturated carbocycles. The summed E-state index contributed by atoms with van der Waals surface area (Å²) < 4.78 is 10.8. The van der Waals surface area contributed by atoms with Gasteiger partial charge in [0.2, 0.25) is 0 Å². The second-order valence-electron chi connectivity index (χ2n) is 7.11. The zero-order chi connectivity index (χ0) is 22.9. The van der Waals surface area contributed by atoms with Crippen molar-refractivity contribution < 1.29 is 19.1 Å². The summed E-state index contributed by atoms with van der Waals surface area (Å²) >= 11 is 0. The quantitative estimate of drug-likeness (QED) is 0.415. The van der Waals surface area contributed by atoms with Crippen molar-refractivity contribution in [3.63, 3.8) is 0 Å². The van der Waals surface area contributed by atoms with Gasteiger partial charge in [-0.15, -0.1) is 0 Å². The highest BCUT2D eigenvalue weighted by Crippen LogP contribution is 2.17. The van der Waals surface area contributed by atoms with Crippen molar-refractivity contribution in [1.29, 1.82) is 0 Å². The highest BCUT2D eigenvalue weighted by Gasteiger charge is 2.10. The lowest BCUT2D eigenvalue weighted by Gasteiger charge is -2.09. The van der Waals surface area contributed by atoms with E-state index < -0.39 is 0 Å². The molecule has 3 rings (SSSR count). The van der Waals surface area contributed by atoms with Gasteiger partial charge in [-0.25, -0.2) is 5.43 Å². The number of ether oxygens (including phenoxy) is 2. The molecule has 7 heteroatoms. The summed E-state index contributed by atoms with van der Waals surface area (Å²) in [4.78, 5) is 24.5. The van der Waals surface area contributed by atoms with Gasteiger partial charge in [-0.05, 0) is 66.9 Å². The molecule has 0 aliphatic heterocycles. The first-order valence-electron chi connectivity index (χ1n) is 10.0. The largest absolute Gasteiger partial charge is 0.496 e. The summed E-state index contributed by atoms with van der Waals surface area (Å²) in [6, 6.07) is 19.7. The van der Waals surface area contributed by atoms with Crippen LogP contribution >= 0.6 is 0 Å². The van der Waals surface area contributed by atoms with E-state index in [-0.39, 0.29) is 18.4 Å². The third-order valence-electron chi connectivity index (χ3n) is 4.75. The second-order valence-corrected chi connectivity index (χ2v) is 7.11. The van der Waals surface area contributed by atoms with Crippen LogP contribution < -0.4 is 20.2 Å². The molecule has 32 heavy (non-hydrogen) atoms. The van der Waals surface area contributed by atoms with E-state index in [0.717, 1.165) is 16.8 Å². The van der Waals surface area contributed by atoms with Gasteiger partial charge < -0.3 is 14.8 Å². The molecule has 0 fully saturated rings. The smallest absolute Gasteiger partial charge is 0.275 e. The van der Waals surface area contributed by atoms with Gasteiger partial charge in [-0.1, -0.05) is 30.3 Å². The average molecular weight is 431 g/mol. The Hall–Kier alpha value is -4.13. The minimum atomic E-state index is -0.380. The molecule has 0 saturated heterocycles. The van der Waals surface area contributed by atoms with Crippen molar-refractivity contribution in [2.45, 2.75) is 13.8 Å². The minimum absolute atomic E-state index is 0.127. The molecule has 0 aliphatic rings. The van der Waals surface area contributed by atoms with E-state index in [9.17, 15) is 9.59 Å². The first-order chi connectivity index (χ1) is 15.5. The molecule has 2 amide bonds. The Kier molecular flexibility index (Phi) is 7.59. The van der Waals surface area contributed by atoms with Crippen molar-refractivity contribution in [1.82, 2.24) is 5.43 Å². The SMILES string of the molecule is COc1ccccc1C(=O)N/N=C\c1cccc(OCC(=O)Nc2ccc(C)c(C)c2)c1. The van der Waals surface area contributed by atoms with Gasteiger partial charge in [0, 0.05) is 5.69 Å². The summed E-state index contributed by atoms with van der Waals surface area (Å²) in [7, 11) is 1.50. The number of carbonyl (C=O) groups is 2. The monoisotopic (exact) mass is 431 g/mol. The average Bonchev–Trinajstić information content (AvgIpc) is 2.80. The van der Waals surface area contributed by atoms with Crippen LogP contribution in [0.5, 0.6) is 11.5 Å². The summed E-state index contributed by atoms with van der Waals surface area (Å²) in [5.74, 6) is 0.348. The topological polar surface area (TPSA) is 89.0 Å². The molecule has 2 N–H and O–H groups in total. The molecule has 0 aliphatic carbocycles. The molecule has 3 aromatic rings. The van der Waals surface area contributed by atoms with E-state index in [2.05, 4.69) is 15.8 Å². The lowest BCUT2D eigenvalue weighted by molar-refractivity contribution is -0.118. The number of rotatable bonds is 8. The first-order valence-corrected chi connectivity index (χ1v) is 10.0. The molecular weight excluding hydrogens is 406 g/mol. The molecule has 0 bridgehead atoms. The van der Waals surface area contributed by atoms with Gasteiger partial charge in [0.05, 0.1) is 18.9 Å². The van der Waals surface area contributed by atoms with Crippen molar-refractivity contribution in [2.75, 3.05) is 19.0 Å². The fourth-order valence-corrected chi connectivity index (χ4v) is 2.91. The number of benzene rings is 3. The molecule has 164 valence electrons. The number of methoxy groups -OCH3 is 1. The van der Waals surface area contributed by atoms with Crippen LogP contribution in [0.4, 0.5) is 5.69 Å². The lowest BCUT2D eigenvalue weighted by atomic mass is 10.1. The standard InChI is InChI=1S/C25H25N3O4/c1-17-11-12-20(13-18(17)2)27-24(29)16-32-21-8-6-7-19(14-21)15-26-28-25(30)22-9-4-5-10-23(22)31-3/h4-15H,16H2,1-3H3,(H,27,29)(H,28,30)/b26-15-. The van der Waals surface area contributed by atoms with Crippen molar-refractivity contribution in [3.8, 4) is 11.5 Å². The number of aryl methyl sites for hydroxylation is 2. The number of carbonyl (C=O) groups excluding carboxylic acids is 2. The highest BCUT2D eigenvalue weighted by molar-refractivity contribution is 5.97. The lowest BCUT2D eigenvalue weighted by Crippen LogP contribution is -2.20. The van der Waals surface area contributed by atoms with Crippen LogP contribution in [0.3, 0.4) is 0 Å². The molecule has 7 nitrogen and oxygen atoms in total. The van der Waals surface area contributed by atoms with Crippen LogP contribution in [0.2, 0.25) is 0 Å². The van der Waals surface area contributed by atoms with Gasteiger partial charge in [0.15, 0.2) is 6.61 Å². The maximum atomic E-state index is 12.3. The fourth-order valence-electron chi connectivity index (χ4n) is 2.91. The van der Waals surface area contributed by atoms with Crippen molar-refractivity contribution >= 4 is 23.7 Å². The Labute approximate surface area is 187 Å². The second kappa shape index (κ2) is 10.8. The van der Waals surface area contributed by atoms with E-state index >= 15 is 0 Å². The van der Waals surface area contributed by atoms with E-state index in [0.29, 0.717) is 22.6 Å². The highest BCUT2D eigenvalue weighted by atomic mass is 16.5. The predicted molar refractivity (Wildman–Crippen MR) is 125 cm³/mol. The Bertz CT molecular complexity index is 1140. The normalized spacial score (nSPS) is 10.6. The Morgan fingerprint density at radius 3 is 2.56 bits per heavy atom. The van der Waals surface area contributed by atoms with Crippen LogP contribution in [0.15, 0.2) is 71.8 Å². The zero-order valence-electron chi connectivity index (χ0n) is 18.2. The molecule has 0 atom stereocenters. The van der Waals surface area contributed by atoms with Gasteiger partial charge in [-0.3, -0.25) is 9.59 Å². The van der Waals surface area contributed by atoms with Crippen molar-refractivity contribution in [2.24, 2.45) is 5.10 Å². The van der Waals surface area contributed by atoms with Crippen LogP contribution in [-0.2, 0) is 4.79 Å². The van der Waals surface area contributed by atoms with E-state index in [1.807, 2.05) is 32.0 Å². The van der Waals surface area contributed by atoms with Gasteiger partial charge >= 0.3 is 0 Å². The number of hydrogen-bond donors (Lipinski definition) is 2. The third-order valence-corrected chi connectivity index (χ3v) is 4.75. The molecule has 0 heterocycles. The number of nitrogens with one attached hydrogen (secondary N) is 2. The first kappa shape index (κ1) is 22.6. The van der Waals surface area contributed by atoms with Crippen molar-refractivity contribution in [3.05, 3.63) is 89.0 Å². The van der Waals surface area contributed by atoms with Gasteiger partial charge in [0.1, 0.15) is 11.5 Å². The van der Waals surface area contributed by atoms with Crippen LogP contribution in [-0.4, -0.2) is 31.7 Å². The summed E-state index contributed by atoms with van der Waals surface area (Å²) in [6.07, 6.45) is 1.50. The van der Waals surface area contributed by atoms with E-state index in [4.69, 9.17) is 9.47 Å². The van der Waals surface area contributed by atoms with Crippen LogP contribution in [0.1, 0.15) is 27.0 Å². The fraction of sp³-hybridized carbons (Fsp3) is 0.160. The number of anilines is 1. The summed E-state index contributed by atoms with van der Waals surface area (Å²) in [6.45, 7) is 3.88. The molecular formula is C25H25N3O4. The molecule has 0 unspecified atom stereocenters. The maximum absolute atomic E-state index is 12.3. The van der Waals surface area contributed by atoms with Gasteiger partial charge in [-0.2, -0.15) is 5.10 Å². The number of nitrogens with zero attached hydrogens (tertiary/aromatic N) is 1.